The van der Waals surface area contributed by atoms with E-state index in [-0.39, 0.29) is 27.8 Å². The van der Waals surface area contributed by atoms with Crippen LogP contribution in [0, 0.1) is 0 Å². The number of halogens is 2. The standard InChI is InChI=1S/C23H20Cl2N2O4S2/c24-16-9-10-18(17(14-16)22(28)15-6-2-1-3-7-15)26-23(29)19-8-4-5-13-27(19)33(30,31)21-12-11-20(25)32-21/h1-3,6-7,9-12,14,19H,4-5,8,13H2,(H,26,29). The number of piperidine rings is 1. The molecule has 3 aromatic rings. The summed E-state index contributed by atoms with van der Waals surface area (Å²) in [5, 5.41) is 3.12. The molecule has 1 unspecified atom stereocenters. The quantitative estimate of drug-likeness (QED) is 0.435. The lowest BCUT2D eigenvalue weighted by Gasteiger charge is -2.33. The molecule has 0 aliphatic carbocycles. The fraction of sp³-hybridized carbons (Fsp3) is 0.217. The summed E-state index contributed by atoms with van der Waals surface area (Å²) in [5.41, 5.74) is 0.962. The molecule has 2 aromatic carbocycles. The van der Waals surface area contributed by atoms with Crippen LogP contribution in [0.4, 0.5) is 5.69 Å². The summed E-state index contributed by atoms with van der Waals surface area (Å²) in [6.45, 7) is 0.229. The molecular weight excluding hydrogens is 503 g/mol. The zero-order valence-electron chi connectivity index (χ0n) is 17.3. The van der Waals surface area contributed by atoms with Gasteiger partial charge in [-0.1, -0.05) is 60.0 Å². The highest BCUT2D eigenvalue weighted by atomic mass is 35.5. The highest BCUT2D eigenvalue weighted by Crippen LogP contribution is 2.32. The normalized spacial score (nSPS) is 17.0. The zero-order chi connectivity index (χ0) is 23.6. The third-order valence-electron chi connectivity index (χ3n) is 5.39. The second kappa shape index (κ2) is 9.95. The van der Waals surface area contributed by atoms with Gasteiger partial charge in [0.15, 0.2) is 5.78 Å². The minimum absolute atomic E-state index is 0.0960. The molecule has 1 aromatic heterocycles. The SMILES string of the molecule is O=C(c1ccccc1)c1cc(Cl)ccc1NC(=O)C1CCCCN1S(=O)(=O)c1ccc(Cl)s1. The fourth-order valence-corrected chi connectivity index (χ4v) is 7.22. The van der Waals surface area contributed by atoms with Crippen molar-refractivity contribution < 1.29 is 18.0 Å². The van der Waals surface area contributed by atoms with Crippen LogP contribution in [-0.4, -0.2) is 37.0 Å². The number of carbonyl (C=O) groups excluding carboxylic acids is 2. The van der Waals surface area contributed by atoms with Gasteiger partial charge in [0.25, 0.3) is 10.0 Å². The van der Waals surface area contributed by atoms with Crippen molar-refractivity contribution in [2.75, 3.05) is 11.9 Å². The summed E-state index contributed by atoms with van der Waals surface area (Å²) in [4.78, 5) is 26.3. The number of anilines is 1. The maximum Gasteiger partial charge on any atom is 0.253 e. The largest absolute Gasteiger partial charge is 0.324 e. The van der Waals surface area contributed by atoms with Gasteiger partial charge in [-0.2, -0.15) is 4.31 Å². The number of amides is 1. The highest BCUT2D eigenvalue weighted by molar-refractivity contribution is 7.91. The van der Waals surface area contributed by atoms with Crippen LogP contribution in [0.15, 0.2) is 64.9 Å². The zero-order valence-corrected chi connectivity index (χ0v) is 20.5. The first-order chi connectivity index (χ1) is 15.8. The molecule has 1 aliphatic rings. The van der Waals surface area contributed by atoms with Gasteiger partial charge in [0.1, 0.15) is 10.3 Å². The summed E-state index contributed by atoms with van der Waals surface area (Å²) in [7, 11) is -3.89. The summed E-state index contributed by atoms with van der Waals surface area (Å²) in [6, 6.07) is 15.3. The van der Waals surface area contributed by atoms with Crippen molar-refractivity contribution in [3.05, 3.63) is 81.1 Å². The number of hydrogen-bond acceptors (Lipinski definition) is 5. The maximum absolute atomic E-state index is 13.3. The van der Waals surface area contributed by atoms with Crippen LogP contribution in [-0.2, 0) is 14.8 Å². The molecule has 0 saturated carbocycles. The van der Waals surface area contributed by atoms with Crippen LogP contribution < -0.4 is 5.32 Å². The number of thiophene rings is 1. The van der Waals surface area contributed by atoms with Gasteiger partial charge in [-0.3, -0.25) is 9.59 Å². The van der Waals surface area contributed by atoms with E-state index in [1.807, 2.05) is 0 Å². The Labute approximate surface area is 206 Å². The van der Waals surface area contributed by atoms with E-state index in [1.54, 1.807) is 42.5 Å². The molecule has 10 heteroatoms. The molecule has 33 heavy (non-hydrogen) atoms. The lowest BCUT2D eigenvalue weighted by molar-refractivity contribution is -0.120. The molecule has 4 rings (SSSR count). The molecule has 0 radical (unpaired) electrons. The molecule has 1 N–H and O–H groups in total. The lowest BCUT2D eigenvalue weighted by Crippen LogP contribution is -2.49. The molecular formula is C23H20Cl2N2O4S2. The van der Waals surface area contributed by atoms with Gasteiger partial charge in [0.2, 0.25) is 5.91 Å². The molecule has 0 bridgehead atoms. The van der Waals surface area contributed by atoms with Crippen LogP contribution in [0.2, 0.25) is 9.36 Å². The van der Waals surface area contributed by atoms with Crippen LogP contribution in [0.3, 0.4) is 0 Å². The number of nitrogens with zero attached hydrogens (tertiary/aromatic N) is 1. The molecule has 1 aliphatic heterocycles. The van der Waals surface area contributed by atoms with E-state index >= 15 is 0 Å². The monoisotopic (exact) mass is 522 g/mol. The number of ketones is 1. The smallest absolute Gasteiger partial charge is 0.253 e. The van der Waals surface area contributed by atoms with Crippen molar-refractivity contribution in [1.82, 2.24) is 4.31 Å². The van der Waals surface area contributed by atoms with Gasteiger partial charge in [-0.15, -0.1) is 11.3 Å². The summed E-state index contributed by atoms with van der Waals surface area (Å²) in [6.07, 6.45) is 1.74. The van der Waals surface area contributed by atoms with Gasteiger partial charge in [0.05, 0.1) is 10.0 Å². The topological polar surface area (TPSA) is 83.6 Å². The van der Waals surface area contributed by atoms with E-state index in [9.17, 15) is 18.0 Å². The Kier molecular flexibility index (Phi) is 7.21. The number of benzene rings is 2. The first-order valence-electron chi connectivity index (χ1n) is 10.2. The van der Waals surface area contributed by atoms with Gasteiger partial charge in [0, 0.05) is 22.7 Å². The van der Waals surface area contributed by atoms with E-state index in [0.29, 0.717) is 34.2 Å². The van der Waals surface area contributed by atoms with E-state index in [1.165, 1.54) is 22.5 Å². The fourth-order valence-electron chi connectivity index (χ4n) is 3.78. The Balaban J connectivity index is 1.63. The minimum Gasteiger partial charge on any atom is -0.324 e. The van der Waals surface area contributed by atoms with Crippen LogP contribution in [0.25, 0.3) is 0 Å². The van der Waals surface area contributed by atoms with Gasteiger partial charge in [-0.05, 0) is 43.2 Å². The number of rotatable bonds is 6. The first kappa shape index (κ1) is 23.9. The van der Waals surface area contributed by atoms with Crippen molar-refractivity contribution in [2.24, 2.45) is 0 Å². The van der Waals surface area contributed by atoms with Crippen LogP contribution in [0.1, 0.15) is 35.2 Å². The molecule has 0 spiro atoms. The molecule has 6 nitrogen and oxygen atoms in total. The molecule has 1 saturated heterocycles. The Morgan fingerprint density at radius 3 is 2.45 bits per heavy atom. The minimum atomic E-state index is -3.89. The van der Waals surface area contributed by atoms with Gasteiger partial charge >= 0.3 is 0 Å². The van der Waals surface area contributed by atoms with E-state index < -0.39 is 22.0 Å². The van der Waals surface area contributed by atoms with Crippen molar-refractivity contribution in [3.8, 4) is 0 Å². The molecule has 172 valence electrons. The van der Waals surface area contributed by atoms with Gasteiger partial charge < -0.3 is 5.32 Å². The van der Waals surface area contributed by atoms with Crippen molar-refractivity contribution >= 4 is 61.9 Å². The summed E-state index contributed by atoms with van der Waals surface area (Å²) < 4.78 is 28.1. The third kappa shape index (κ3) is 5.15. The molecule has 1 atom stereocenters. The van der Waals surface area contributed by atoms with E-state index in [0.717, 1.165) is 11.3 Å². The maximum atomic E-state index is 13.3. The Hall–Kier alpha value is -2.23. The Morgan fingerprint density at radius 2 is 1.76 bits per heavy atom. The predicted molar refractivity (Wildman–Crippen MR) is 131 cm³/mol. The highest BCUT2D eigenvalue weighted by Gasteiger charge is 2.38. The average molecular weight is 523 g/mol. The van der Waals surface area contributed by atoms with Crippen molar-refractivity contribution in [2.45, 2.75) is 29.5 Å². The first-order valence-corrected chi connectivity index (χ1v) is 13.3. The molecule has 1 fully saturated rings. The summed E-state index contributed by atoms with van der Waals surface area (Å²) in [5.74, 6) is -0.792. The van der Waals surface area contributed by atoms with E-state index in [2.05, 4.69) is 5.32 Å². The van der Waals surface area contributed by atoms with Gasteiger partial charge in [-0.25, -0.2) is 8.42 Å². The van der Waals surface area contributed by atoms with Crippen LogP contribution >= 0.6 is 34.5 Å². The number of carbonyl (C=O) groups is 2. The Bertz CT molecular complexity index is 1290. The predicted octanol–water partition coefficient (Wildman–Crippen LogP) is 5.47. The summed E-state index contributed by atoms with van der Waals surface area (Å²) >= 11 is 13.0. The molecule has 1 amide bonds. The lowest BCUT2D eigenvalue weighted by atomic mass is 10.0. The van der Waals surface area contributed by atoms with E-state index in [4.69, 9.17) is 23.2 Å². The number of hydrogen-bond donors (Lipinski definition) is 1. The third-order valence-corrected chi connectivity index (χ3v) is 9.23. The van der Waals surface area contributed by atoms with Crippen LogP contribution in [0.5, 0.6) is 0 Å². The average Bonchev–Trinajstić information content (AvgIpc) is 3.27. The number of sulfonamides is 1. The second-order valence-electron chi connectivity index (χ2n) is 7.56. The number of nitrogens with one attached hydrogen (secondary N) is 1. The van der Waals surface area contributed by atoms with Crippen molar-refractivity contribution in [3.63, 3.8) is 0 Å². The Morgan fingerprint density at radius 1 is 1.00 bits per heavy atom. The van der Waals surface area contributed by atoms with Crippen molar-refractivity contribution in [1.29, 1.82) is 0 Å². The second-order valence-corrected chi connectivity index (χ2v) is 11.8. The molecule has 2 heterocycles.